The van der Waals surface area contributed by atoms with Crippen molar-refractivity contribution in [3.05, 3.63) is 15.9 Å². The molecule has 15 heavy (non-hydrogen) atoms. The molecule has 84 valence electrons. The van der Waals surface area contributed by atoms with Gasteiger partial charge in [0.05, 0.1) is 10.2 Å². The van der Waals surface area contributed by atoms with E-state index in [1.165, 1.54) is 32.1 Å². The van der Waals surface area contributed by atoms with Crippen LogP contribution < -0.4 is 0 Å². The molecule has 0 aromatic carbocycles. The first kappa shape index (κ1) is 11.2. The Bertz CT molecular complexity index is 339. The minimum atomic E-state index is 0.248. The van der Waals surface area contributed by atoms with E-state index < -0.39 is 0 Å². The summed E-state index contributed by atoms with van der Waals surface area (Å²) >= 11 is 3.61. The van der Waals surface area contributed by atoms with Gasteiger partial charge in [-0.15, -0.1) is 0 Å². The molecule has 1 aromatic rings. The zero-order valence-corrected chi connectivity index (χ0v) is 11.1. The van der Waals surface area contributed by atoms with Crippen molar-refractivity contribution in [3.8, 4) is 0 Å². The summed E-state index contributed by atoms with van der Waals surface area (Å²) in [5.41, 5.74) is 1.22. The lowest BCUT2D eigenvalue weighted by atomic mass is 9.70. The van der Waals surface area contributed by atoms with E-state index >= 15 is 0 Å². The molecule has 1 fully saturated rings. The van der Waals surface area contributed by atoms with Crippen molar-refractivity contribution in [3.63, 3.8) is 0 Å². The maximum absolute atomic E-state index is 5.53. The van der Waals surface area contributed by atoms with Crippen LogP contribution in [0.5, 0.6) is 0 Å². The first-order valence-corrected chi connectivity index (χ1v) is 6.61. The molecular formula is C12H18BrNO. The van der Waals surface area contributed by atoms with E-state index in [1.54, 1.807) is 0 Å². The number of aryl methyl sites for hydroxylation is 1. The van der Waals surface area contributed by atoms with Crippen molar-refractivity contribution in [1.29, 1.82) is 0 Å². The lowest BCUT2D eigenvalue weighted by Crippen LogP contribution is -2.28. The van der Waals surface area contributed by atoms with Gasteiger partial charge in [0.1, 0.15) is 0 Å². The lowest BCUT2D eigenvalue weighted by molar-refractivity contribution is 0.213. The smallest absolute Gasteiger partial charge is 0.157 e. The van der Waals surface area contributed by atoms with Crippen molar-refractivity contribution in [2.75, 3.05) is 0 Å². The first-order valence-electron chi connectivity index (χ1n) is 5.82. The Balaban J connectivity index is 2.36. The molecule has 0 spiro atoms. The fourth-order valence-corrected chi connectivity index (χ4v) is 3.22. The fraction of sp³-hybridized carbons (Fsp3) is 0.750. The molecule has 0 saturated heterocycles. The summed E-state index contributed by atoms with van der Waals surface area (Å²) in [6.45, 7) is 4.25. The van der Waals surface area contributed by atoms with Gasteiger partial charge in [-0.25, -0.2) is 0 Å². The van der Waals surface area contributed by atoms with Crippen LogP contribution in [0.25, 0.3) is 0 Å². The normalized spacial score (nSPS) is 20.5. The molecule has 1 aromatic heterocycles. The molecule has 2 rings (SSSR count). The second kappa shape index (κ2) is 4.28. The summed E-state index contributed by atoms with van der Waals surface area (Å²) in [4.78, 5) is 0. The summed E-state index contributed by atoms with van der Waals surface area (Å²) in [5.74, 6) is 1.09. The SMILES string of the molecule is CCC1(c2onc(C)c2Br)CCCCC1. The molecule has 0 radical (unpaired) electrons. The van der Waals surface area contributed by atoms with Crippen molar-refractivity contribution < 1.29 is 4.52 Å². The molecule has 1 heterocycles. The summed E-state index contributed by atoms with van der Waals surface area (Å²) < 4.78 is 6.62. The third-order valence-corrected chi connectivity index (χ3v) is 4.69. The average molecular weight is 272 g/mol. The van der Waals surface area contributed by atoms with Crippen LogP contribution in [-0.2, 0) is 5.41 Å². The number of hydrogen-bond acceptors (Lipinski definition) is 2. The number of hydrogen-bond donors (Lipinski definition) is 0. The van der Waals surface area contributed by atoms with Crippen LogP contribution in [0, 0.1) is 6.92 Å². The first-order chi connectivity index (χ1) is 7.19. The van der Waals surface area contributed by atoms with Crippen molar-refractivity contribution in [2.45, 2.75) is 57.8 Å². The molecule has 2 nitrogen and oxygen atoms in total. The lowest BCUT2D eigenvalue weighted by Gasteiger charge is -2.34. The Hall–Kier alpha value is -0.310. The predicted octanol–water partition coefficient (Wildman–Crippen LogP) is 4.36. The molecule has 0 atom stereocenters. The second-order valence-electron chi connectivity index (χ2n) is 4.61. The molecule has 0 bridgehead atoms. The summed E-state index contributed by atoms with van der Waals surface area (Å²) in [5, 5.41) is 4.06. The Labute approximate surface area is 99.5 Å². The number of rotatable bonds is 2. The topological polar surface area (TPSA) is 26.0 Å². The molecule has 0 amide bonds. The van der Waals surface area contributed by atoms with Crippen LogP contribution >= 0.6 is 15.9 Å². The summed E-state index contributed by atoms with van der Waals surface area (Å²) in [7, 11) is 0. The molecule has 3 heteroatoms. The van der Waals surface area contributed by atoms with Crippen LogP contribution in [0.3, 0.4) is 0 Å². The van der Waals surface area contributed by atoms with Gasteiger partial charge in [0.15, 0.2) is 5.76 Å². The van der Waals surface area contributed by atoms with Gasteiger partial charge in [-0.3, -0.25) is 0 Å². The van der Waals surface area contributed by atoms with E-state index in [-0.39, 0.29) is 5.41 Å². The zero-order valence-electron chi connectivity index (χ0n) is 9.48. The molecule has 1 aliphatic rings. The Morgan fingerprint density at radius 3 is 2.47 bits per heavy atom. The largest absolute Gasteiger partial charge is 0.359 e. The van der Waals surface area contributed by atoms with Crippen LogP contribution in [0.1, 0.15) is 56.9 Å². The van der Waals surface area contributed by atoms with Gasteiger partial charge in [0.25, 0.3) is 0 Å². The minimum absolute atomic E-state index is 0.248. The predicted molar refractivity (Wildman–Crippen MR) is 64.0 cm³/mol. The van der Waals surface area contributed by atoms with Gasteiger partial charge in [-0.05, 0) is 42.1 Å². The van der Waals surface area contributed by atoms with E-state index in [0.717, 1.165) is 22.3 Å². The third kappa shape index (κ3) is 1.86. The van der Waals surface area contributed by atoms with Crippen LogP contribution in [-0.4, -0.2) is 5.16 Å². The van der Waals surface area contributed by atoms with Crippen molar-refractivity contribution in [1.82, 2.24) is 5.16 Å². The maximum Gasteiger partial charge on any atom is 0.157 e. The Morgan fingerprint density at radius 2 is 2.00 bits per heavy atom. The number of nitrogens with zero attached hydrogens (tertiary/aromatic N) is 1. The highest BCUT2D eigenvalue weighted by Crippen LogP contribution is 2.45. The Morgan fingerprint density at radius 1 is 1.33 bits per heavy atom. The van der Waals surface area contributed by atoms with Gasteiger partial charge in [-0.2, -0.15) is 0 Å². The van der Waals surface area contributed by atoms with Gasteiger partial charge in [0, 0.05) is 5.41 Å². The molecule has 1 aliphatic carbocycles. The van der Waals surface area contributed by atoms with Gasteiger partial charge >= 0.3 is 0 Å². The summed E-state index contributed by atoms with van der Waals surface area (Å²) in [6.07, 6.45) is 7.65. The highest BCUT2D eigenvalue weighted by Gasteiger charge is 2.37. The zero-order chi connectivity index (χ0) is 10.9. The van der Waals surface area contributed by atoms with E-state index in [0.29, 0.717) is 0 Å². The maximum atomic E-state index is 5.53. The molecular weight excluding hydrogens is 254 g/mol. The van der Waals surface area contributed by atoms with E-state index in [2.05, 4.69) is 28.0 Å². The third-order valence-electron chi connectivity index (χ3n) is 3.76. The van der Waals surface area contributed by atoms with E-state index in [9.17, 15) is 0 Å². The van der Waals surface area contributed by atoms with Crippen molar-refractivity contribution >= 4 is 15.9 Å². The van der Waals surface area contributed by atoms with Gasteiger partial charge in [0.2, 0.25) is 0 Å². The molecule has 0 aliphatic heterocycles. The van der Waals surface area contributed by atoms with Gasteiger partial charge in [-0.1, -0.05) is 31.3 Å². The van der Waals surface area contributed by atoms with E-state index in [1.807, 2.05) is 6.92 Å². The highest BCUT2D eigenvalue weighted by molar-refractivity contribution is 9.10. The van der Waals surface area contributed by atoms with Crippen LogP contribution in [0.4, 0.5) is 0 Å². The molecule has 0 N–H and O–H groups in total. The van der Waals surface area contributed by atoms with Crippen molar-refractivity contribution in [2.24, 2.45) is 0 Å². The summed E-state index contributed by atoms with van der Waals surface area (Å²) in [6, 6.07) is 0. The Kier molecular flexibility index (Phi) is 3.19. The van der Waals surface area contributed by atoms with E-state index in [4.69, 9.17) is 4.52 Å². The van der Waals surface area contributed by atoms with Crippen LogP contribution in [0.2, 0.25) is 0 Å². The average Bonchev–Trinajstić information content (AvgIpc) is 2.61. The fourth-order valence-electron chi connectivity index (χ4n) is 2.66. The minimum Gasteiger partial charge on any atom is -0.359 e. The monoisotopic (exact) mass is 271 g/mol. The second-order valence-corrected chi connectivity index (χ2v) is 5.40. The quantitative estimate of drug-likeness (QED) is 0.799. The number of halogens is 1. The van der Waals surface area contributed by atoms with Crippen LogP contribution in [0.15, 0.2) is 9.00 Å². The standard InChI is InChI=1S/C12H18BrNO/c1-3-12(7-5-4-6-8-12)11-10(13)9(2)14-15-11/h3-8H2,1-2H3. The number of aromatic nitrogens is 1. The van der Waals surface area contributed by atoms with Gasteiger partial charge < -0.3 is 4.52 Å². The molecule has 0 unspecified atom stereocenters. The highest BCUT2D eigenvalue weighted by atomic mass is 79.9. The molecule has 1 saturated carbocycles.